The van der Waals surface area contributed by atoms with E-state index in [4.69, 9.17) is 4.74 Å². The Morgan fingerprint density at radius 1 is 1.38 bits per heavy atom. The van der Waals surface area contributed by atoms with Gasteiger partial charge in [-0.15, -0.1) is 0 Å². The van der Waals surface area contributed by atoms with E-state index < -0.39 is 0 Å². The summed E-state index contributed by atoms with van der Waals surface area (Å²) in [4.78, 5) is 2.10. The molecule has 1 aromatic rings. The number of benzene rings is 1. The molecule has 0 aromatic heterocycles. The van der Waals surface area contributed by atoms with Crippen molar-refractivity contribution in [1.29, 1.82) is 0 Å². The lowest BCUT2D eigenvalue weighted by atomic mass is 10.1. The average molecular weight is 174 g/mol. The molecule has 0 aliphatic carbocycles. The highest BCUT2D eigenvalue weighted by molar-refractivity contribution is 5.66. The number of ether oxygens (including phenoxy) is 1. The summed E-state index contributed by atoms with van der Waals surface area (Å²) in [5.41, 5.74) is 2.37. The first-order valence-corrected chi connectivity index (χ1v) is 4.30. The predicted octanol–water partition coefficient (Wildman–Crippen LogP) is 2.09. The van der Waals surface area contributed by atoms with Crippen LogP contribution >= 0.6 is 0 Å². The lowest BCUT2D eigenvalue weighted by Crippen LogP contribution is -2.12. The topological polar surface area (TPSA) is 12.5 Å². The first-order valence-electron chi connectivity index (χ1n) is 4.30. The Morgan fingerprint density at radius 2 is 2.08 bits per heavy atom. The van der Waals surface area contributed by atoms with Gasteiger partial charge in [-0.2, -0.15) is 0 Å². The highest BCUT2D eigenvalue weighted by Crippen LogP contribution is 2.27. The van der Waals surface area contributed by atoms with E-state index in [1.54, 1.807) is 0 Å². The first-order chi connectivity index (χ1) is 6.29. The third-order valence-electron chi connectivity index (χ3n) is 2.18. The van der Waals surface area contributed by atoms with Gasteiger partial charge in [0.15, 0.2) is 6.73 Å². The van der Waals surface area contributed by atoms with Crippen molar-refractivity contribution < 1.29 is 4.74 Å². The summed E-state index contributed by atoms with van der Waals surface area (Å²) >= 11 is 0. The lowest BCUT2D eigenvalue weighted by molar-refractivity contribution is 0.172. The quantitative estimate of drug-likeness (QED) is 0.646. The summed E-state index contributed by atoms with van der Waals surface area (Å²) < 4.78 is 5.43. The summed E-state index contributed by atoms with van der Waals surface area (Å²) in [6.45, 7) is 2.65. The molecule has 2 nitrogen and oxygen atoms in total. The molecule has 0 bridgehead atoms. The van der Waals surface area contributed by atoms with Crippen molar-refractivity contribution in [3.05, 3.63) is 41.7 Å². The monoisotopic (exact) mass is 174 g/mol. The molecule has 1 aliphatic heterocycles. The van der Waals surface area contributed by atoms with E-state index in [1.807, 2.05) is 38.2 Å². The Balaban J connectivity index is 2.41. The first kappa shape index (κ1) is 8.17. The summed E-state index contributed by atoms with van der Waals surface area (Å²) in [5, 5.41) is 0. The fourth-order valence-electron chi connectivity index (χ4n) is 1.56. The van der Waals surface area contributed by atoms with Crippen molar-refractivity contribution in [3.8, 4) is 0 Å². The highest BCUT2D eigenvalue weighted by atomic mass is 16.5. The van der Waals surface area contributed by atoms with E-state index in [1.165, 1.54) is 11.3 Å². The van der Waals surface area contributed by atoms with Crippen LogP contribution in [0.3, 0.4) is 0 Å². The van der Waals surface area contributed by atoms with Crippen molar-refractivity contribution in [2.24, 2.45) is 0 Å². The lowest BCUT2D eigenvalue weighted by Gasteiger charge is -2.12. The smallest absolute Gasteiger partial charge is 0.160 e. The Labute approximate surface area is 78.4 Å². The maximum atomic E-state index is 5.43. The van der Waals surface area contributed by atoms with E-state index in [-0.39, 0.29) is 0 Å². The minimum Gasteiger partial charge on any atom is -0.476 e. The molecule has 0 unspecified atom stereocenters. The van der Waals surface area contributed by atoms with Gasteiger partial charge in [-0.1, -0.05) is 24.3 Å². The van der Waals surface area contributed by atoms with Crippen molar-refractivity contribution in [3.63, 3.8) is 0 Å². The molecule has 0 fully saturated rings. The van der Waals surface area contributed by atoms with Gasteiger partial charge in [-0.25, -0.2) is 0 Å². The third kappa shape index (κ3) is 1.39. The molecule has 13 heavy (non-hydrogen) atoms. The van der Waals surface area contributed by atoms with Gasteiger partial charge in [0.05, 0.1) is 5.70 Å². The van der Waals surface area contributed by atoms with Crippen LogP contribution in [0.2, 0.25) is 0 Å². The zero-order valence-electron chi connectivity index (χ0n) is 7.87. The number of nitrogens with zero attached hydrogens (tertiary/aromatic N) is 1. The van der Waals surface area contributed by atoms with Crippen LogP contribution in [0.25, 0.3) is 5.70 Å². The molecule has 2 heteroatoms. The third-order valence-corrected chi connectivity index (χ3v) is 2.18. The Morgan fingerprint density at radius 3 is 2.62 bits per heavy atom. The predicted molar refractivity (Wildman–Crippen MR) is 51.6 cm³/mol. The van der Waals surface area contributed by atoms with Gasteiger partial charge in [0.25, 0.3) is 0 Å². The SMILES string of the molecule is CC1=C(c2cc[c]cc2)N(C)CO1. The second-order valence-electron chi connectivity index (χ2n) is 3.16. The van der Waals surface area contributed by atoms with Gasteiger partial charge in [0, 0.05) is 12.6 Å². The van der Waals surface area contributed by atoms with Crippen LogP contribution in [0.4, 0.5) is 0 Å². The fourth-order valence-corrected chi connectivity index (χ4v) is 1.56. The van der Waals surface area contributed by atoms with E-state index in [9.17, 15) is 0 Å². The summed E-state index contributed by atoms with van der Waals surface area (Å²) in [7, 11) is 2.03. The van der Waals surface area contributed by atoms with Gasteiger partial charge in [0.2, 0.25) is 0 Å². The zero-order chi connectivity index (χ0) is 9.26. The molecule has 2 rings (SSSR count). The Hall–Kier alpha value is -1.44. The van der Waals surface area contributed by atoms with Crippen molar-refractivity contribution in [1.82, 2.24) is 4.90 Å². The van der Waals surface area contributed by atoms with Crippen LogP contribution < -0.4 is 0 Å². The average Bonchev–Trinajstić information content (AvgIpc) is 2.48. The van der Waals surface area contributed by atoms with Crippen LogP contribution in [0.5, 0.6) is 0 Å². The molecular weight excluding hydrogens is 162 g/mol. The Bertz CT molecular complexity index is 329. The van der Waals surface area contributed by atoms with Crippen LogP contribution in [-0.4, -0.2) is 18.7 Å². The van der Waals surface area contributed by atoms with E-state index in [0.717, 1.165) is 5.76 Å². The van der Waals surface area contributed by atoms with Crippen LogP contribution in [0.15, 0.2) is 30.0 Å². The van der Waals surface area contributed by atoms with E-state index in [0.29, 0.717) is 6.73 Å². The zero-order valence-corrected chi connectivity index (χ0v) is 7.87. The van der Waals surface area contributed by atoms with Crippen molar-refractivity contribution in [2.45, 2.75) is 6.92 Å². The molecular formula is C11H12NO. The van der Waals surface area contributed by atoms with Crippen molar-refractivity contribution in [2.75, 3.05) is 13.8 Å². The van der Waals surface area contributed by atoms with Gasteiger partial charge >= 0.3 is 0 Å². The molecule has 0 saturated carbocycles. The summed E-state index contributed by atoms with van der Waals surface area (Å²) in [6, 6.07) is 10.9. The minimum absolute atomic E-state index is 0.653. The second kappa shape index (κ2) is 3.13. The number of rotatable bonds is 1. The van der Waals surface area contributed by atoms with E-state index in [2.05, 4.69) is 11.0 Å². The summed E-state index contributed by atoms with van der Waals surface area (Å²) in [6.07, 6.45) is 0. The Kier molecular flexibility index (Phi) is 1.97. The maximum absolute atomic E-state index is 5.43. The van der Waals surface area contributed by atoms with E-state index >= 15 is 0 Å². The molecule has 67 valence electrons. The molecule has 1 radical (unpaired) electrons. The molecule has 0 N–H and O–H groups in total. The molecule has 0 spiro atoms. The molecule has 0 amide bonds. The standard InChI is InChI=1S/C11H12NO/c1-9-11(12(2)8-13-9)10-6-4-3-5-7-10/h4-7H,8H2,1-2H3. The van der Waals surface area contributed by atoms with Gasteiger partial charge in [-0.05, 0) is 13.0 Å². The normalized spacial score (nSPS) is 16.3. The minimum atomic E-state index is 0.653. The summed E-state index contributed by atoms with van der Waals surface area (Å²) in [5.74, 6) is 0.994. The maximum Gasteiger partial charge on any atom is 0.160 e. The largest absolute Gasteiger partial charge is 0.476 e. The molecule has 1 aliphatic rings. The van der Waals surface area contributed by atoms with Crippen LogP contribution in [0, 0.1) is 6.07 Å². The molecule has 0 atom stereocenters. The fraction of sp³-hybridized carbons (Fsp3) is 0.273. The van der Waals surface area contributed by atoms with Crippen molar-refractivity contribution >= 4 is 5.70 Å². The number of allylic oxidation sites excluding steroid dienone is 1. The number of hydrogen-bond donors (Lipinski definition) is 0. The second-order valence-corrected chi connectivity index (χ2v) is 3.16. The van der Waals surface area contributed by atoms with Crippen LogP contribution in [0.1, 0.15) is 12.5 Å². The van der Waals surface area contributed by atoms with Crippen LogP contribution in [-0.2, 0) is 4.74 Å². The number of hydrogen-bond acceptors (Lipinski definition) is 2. The molecule has 1 aromatic carbocycles. The van der Waals surface area contributed by atoms with Gasteiger partial charge in [-0.3, -0.25) is 0 Å². The van der Waals surface area contributed by atoms with Gasteiger partial charge in [0.1, 0.15) is 5.76 Å². The molecule has 0 saturated heterocycles. The molecule has 1 heterocycles. The van der Waals surface area contributed by atoms with Gasteiger partial charge < -0.3 is 9.64 Å². The highest BCUT2D eigenvalue weighted by Gasteiger charge is 2.18.